The van der Waals surface area contributed by atoms with Crippen molar-refractivity contribution in [3.63, 3.8) is 0 Å². The fourth-order valence-corrected chi connectivity index (χ4v) is 2.96. The van der Waals surface area contributed by atoms with Crippen molar-refractivity contribution >= 4 is 28.2 Å². The van der Waals surface area contributed by atoms with Gasteiger partial charge in [0.25, 0.3) is 0 Å². The molecule has 0 fully saturated rings. The van der Waals surface area contributed by atoms with Crippen molar-refractivity contribution in [1.29, 1.82) is 0 Å². The van der Waals surface area contributed by atoms with E-state index < -0.39 is 0 Å². The Balaban J connectivity index is 2.30. The molecule has 2 heterocycles. The molecule has 21 heavy (non-hydrogen) atoms. The topological polar surface area (TPSA) is 43.4 Å². The number of fused-ring (bicyclic) bond motifs is 2. The maximum atomic E-state index is 6.44. The number of nitrogens with zero attached hydrogens (tertiary/aromatic N) is 1. The van der Waals surface area contributed by atoms with Crippen LogP contribution in [0.15, 0.2) is 12.1 Å². The maximum absolute atomic E-state index is 6.44. The molecule has 5 heteroatoms. The normalized spacial score (nSPS) is 14.0. The summed E-state index contributed by atoms with van der Waals surface area (Å²) in [5, 5.41) is 5.11. The molecule has 0 spiro atoms. The standard InChI is InChI=1S/C16H19ClN2O2/c1-3-7-18-15-10-9-21-8-6-12(10)19-16-13(20-2)5-4-11(17)14(15)16/h4-5H,3,6-9H2,1-2H3,(H,18,19). The summed E-state index contributed by atoms with van der Waals surface area (Å²) >= 11 is 6.44. The van der Waals surface area contributed by atoms with Crippen molar-refractivity contribution < 1.29 is 9.47 Å². The molecule has 1 aromatic heterocycles. The molecule has 112 valence electrons. The van der Waals surface area contributed by atoms with Gasteiger partial charge >= 0.3 is 0 Å². The summed E-state index contributed by atoms with van der Waals surface area (Å²) in [4.78, 5) is 4.79. The van der Waals surface area contributed by atoms with Crippen LogP contribution in [-0.2, 0) is 17.8 Å². The number of halogens is 1. The number of anilines is 1. The zero-order valence-corrected chi connectivity index (χ0v) is 13.1. The Morgan fingerprint density at radius 2 is 2.29 bits per heavy atom. The summed E-state index contributed by atoms with van der Waals surface area (Å²) in [5.41, 5.74) is 4.06. The minimum Gasteiger partial charge on any atom is -0.494 e. The van der Waals surface area contributed by atoms with E-state index in [1.165, 1.54) is 0 Å². The Labute approximate surface area is 129 Å². The zero-order valence-electron chi connectivity index (χ0n) is 12.3. The number of pyridine rings is 1. The molecule has 0 atom stereocenters. The second-order valence-electron chi connectivity index (χ2n) is 5.11. The van der Waals surface area contributed by atoms with Crippen molar-refractivity contribution in [2.24, 2.45) is 0 Å². The van der Waals surface area contributed by atoms with Crippen LogP contribution in [0.5, 0.6) is 5.75 Å². The van der Waals surface area contributed by atoms with E-state index in [-0.39, 0.29) is 0 Å². The Hall–Kier alpha value is -1.52. The van der Waals surface area contributed by atoms with Crippen molar-refractivity contribution in [2.45, 2.75) is 26.4 Å². The van der Waals surface area contributed by atoms with Gasteiger partial charge in [0.15, 0.2) is 0 Å². The highest BCUT2D eigenvalue weighted by Crippen LogP contribution is 2.39. The van der Waals surface area contributed by atoms with Gasteiger partial charge in [0.05, 0.1) is 36.7 Å². The first-order valence-electron chi connectivity index (χ1n) is 7.25. The lowest BCUT2D eigenvalue weighted by molar-refractivity contribution is 0.110. The Morgan fingerprint density at radius 1 is 1.43 bits per heavy atom. The number of nitrogens with one attached hydrogen (secondary N) is 1. The lowest BCUT2D eigenvalue weighted by Gasteiger charge is -2.23. The molecule has 0 aliphatic carbocycles. The Kier molecular flexibility index (Phi) is 4.17. The molecular weight excluding hydrogens is 288 g/mol. The molecule has 4 nitrogen and oxygen atoms in total. The molecule has 0 unspecified atom stereocenters. The van der Waals surface area contributed by atoms with Crippen LogP contribution in [0.3, 0.4) is 0 Å². The first-order chi connectivity index (χ1) is 10.3. The van der Waals surface area contributed by atoms with Crippen molar-refractivity contribution in [3.8, 4) is 5.75 Å². The van der Waals surface area contributed by atoms with Gasteiger partial charge in [-0.3, -0.25) is 0 Å². The van der Waals surface area contributed by atoms with Crippen LogP contribution < -0.4 is 10.1 Å². The van der Waals surface area contributed by atoms with E-state index >= 15 is 0 Å². The molecule has 1 aliphatic heterocycles. The van der Waals surface area contributed by atoms with E-state index in [0.29, 0.717) is 18.2 Å². The first kappa shape index (κ1) is 14.4. The number of rotatable bonds is 4. The average Bonchev–Trinajstić information content (AvgIpc) is 2.52. The summed E-state index contributed by atoms with van der Waals surface area (Å²) in [6, 6.07) is 3.73. The molecule has 1 N–H and O–H groups in total. The highest BCUT2D eigenvalue weighted by molar-refractivity contribution is 6.36. The van der Waals surface area contributed by atoms with Crippen molar-refractivity contribution in [1.82, 2.24) is 4.98 Å². The highest BCUT2D eigenvalue weighted by atomic mass is 35.5. The number of aromatic nitrogens is 1. The van der Waals surface area contributed by atoms with Crippen LogP contribution in [0.1, 0.15) is 24.6 Å². The van der Waals surface area contributed by atoms with E-state index in [1.807, 2.05) is 12.1 Å². The summed E-state index contributed by atoms with van der Waals surface area (Å²) < 4.78 is 11.1. The fourth-order valence-electron chi connectivity index (χ4n) is 2.71. The van der Waals surface area contributed by atoms with Gasteiger partial charge in [0, 0.05) is 23.9 Å². The van der Waals surface area contributed by atoms with Crippen LogP contribution in [0.2, 0.25) is 5.02 Å². The predicted molar refractivity (Wildman–Crippen MR) is 85.4 cm³/mol. The predicted octanol–water partition coefficient (Wildman–Crippen LogP) is 3.79. The van der Waals surface area contributed by atoms with E-state index in [2.05, 4.69) is 12.2 Å². The van der Waals surface area contributed by atoms with Gasteiger partial charge in [-0.15, -0.1) is 0 Å². The van der Waals surface area contributed by atoms with Crippen molar-refractivity contribution in [3.05, 3.63) is 28.4 Å². The molecule has 0 amide bonds. The van der Waals surface area contributed by atoms with E-state index in [4.69, 9.17) is 26.1 Å². The summed E-state index contributed by atoms with van der Waals surface area (Å²) in [7, 11) is 1.66. The number of methoxy groups -OCH3 is 1. The van der Waals surface area contributed by atoms with Crippen LogP contribution in [0.4, 0.5) is 5.69 Å². The molecule has 1 aromatic carbocycles. The van der Waals surface area contributed by atoms with Gasteiger partial charge in [-0.1, -0.05) is 18.5 Å². The largest absolute Gasteiger partial charge is 0.494 e. The third kappa shape index (κ3) is 2.54. The van der Waals surface area contributed by atoms with E-state index in [1.54, 1.807) is 7.11 Å². The molecule has 3 rings (SSSR count). The van der Waals surface area contributed by atoms with Crippen LogP contribution in [-0.4, -0.2) is 25.2 Å². The molecule has 0 bridgehead atoms. The summed E-state index contributed by atoms with van der Waals surface area (Å²) in [6.07, 6.45) is 1.86. The average molecular weight is 307 g/mol. The fraction of sp³-hybridized carbons (Fsp3) is 0.438. The Morgan fingerprint density at radius 3 is 3.05 bits per heavy atom. The zero-order chi connectivity index (χ0) is 14.8. The van der Waals surface area contributed by atoms with Gasteiger partial charge in [-0.05, 0) is 18.6 Å². The van der Waals surface area contributed by atoms with E-state index in [0.717, 1.165) is 53.0 Å². The molecule has 0 saturated heterocycles. The SMILES string of the molecule is CCCNc1c2c(nc3c(OC)ccc(Cl)c13)CCOC2. The minimum atomic E-state index is 0.581. The number of ether oxygens (including phenoxy) is 2. The Bertz CT molecular complexity index is 673. The molecule has 0 saturated carbocycles. The molecule has 2 aromatic rings. The quantitative estimate of drug-likeness (QED) is 0.933. The number of benzene rings is 1. The lowest BCUT2D eigenvalue weighted by atomic mass is 10.0. The van der Waals surface area contributed by atoms with Crippen molar-refractivity contribution in [2.75, 3.05) is 25.6 Å². The molecule has 0 radical (unpaired) electrons. The summed E-state index contributed by atoms with van der Waals surface area (Å²) in [6.45, 7) is 4.32. The molecule has 1 aliphatic rings. The monoisotopic (exact) mass is 306 g/mol. The maximum Gasteiger partial charge on any atom is 0.145 e. The van der Waals surface area contributed by atoms with E-state index in [9.17, 15) is 0 Å². The van der Waals surface area contributed by atoms with Crippen LogP contribution in [0.25, 0.3) is 10.9 Å². The van der Waals surface area contributed by atoms with Gasteiger partial charge in [0.2, 0.25) is 0 Å². The van der Waals surface area contributed by atoms with Gasteiger partial charge < -0.3 is 14.8 Å². The number of hydrogen-bond donors (Lipinski definition) is 1. The second-order valence-corrected chi connectivity index (χ2v) is 5.52. The summed E-state index contributed by atoms with van der Waals surface area (Å²) in [5.74, 6) is 0.753. The first-order valence-corrected chi connectivity index (χ1v) is 7.63. The smallest absolute Gasteiger partial charge is 0.145 e. The lowest BCUT2D eigenvalue weighted by Crippen LogP contribution is -2.16. The number of hydrogen-bond acceptors (Lipinski definition) is 4. The van der Waals surface area contributed by atoms with Gasteiger partial charge in [-0.25, -0.2) is 4.98 Å². The van der Waals surface area contributed by atoms with Crippen LogP contribution >= 0.6 is 11.6 Å². The molecular formula is C16H19ClN2O2. The minimum absolute atomic E-state index is 0.581. The van der Waals surface area contributed by atoms with Gasteiger partial charge in [0.1, 0.15) is 11.3 Å². The third-order valence-corrected chi connectivity index (χ3v) is 4.05. The van der Waals surface area contributed by atoms with Crippen LogP contribution in [0, 0.1) is 0 Å². The third-order valence-electron chi connectivity index (χ3n) is 3.74. The highest BCUT2D eigenvalue weighted by Gasteiger charge is 2.21. The second kappa shape index (κ2) is 6.08. The van der Waals surface area contributed by atoms with Gasteiger partial charge in [-0.2, -0.15) is 0 Å².